The molecule has 0 spiro atoms. The highest BCUT2D eigenvalue weighted by Gasteiger charge is 2.09. The number of aromatic nitrogens is 3. The molecule has 1 aromatic rings. The van der Waals surface area contributed by atoms with Crippen LogP contribution in [0.15, 0.2) is 6.20 Å². The van der Waals surface area contributed by atoms with Gasteiger partial charge in [-0.15, -0.1) is 5.10 Å². The third-order valence-corrected chi connectivity index (χ3v) is 3.19. The lowest BCUT2D eigenvalue weighted by atomic mass is 10.2. The van der Waals surface area contributed by atoms with Crippen molar-refractivity contribution < 1.29 is 0 Å². The van der Waals surface area contributed by atoms with Crippen molar-refractivity contribution in [2.45, 2.75) is 59.2 Å². The normalized spacial score (nSPS) is 11.7. The van der Waals surface area contributed by atoms with Gasteiger partial charge in [-0.25, -0.2) is 0 Å². The fourth-order valence-corrected chi connectivity index (χ4v) is 1.97. The predicted octanol–water partition coefficient (Wildman–Crippen LogP) is 1.64. The Kier molecular flexibility index (Phi) is 6.90. The van der Waals surface area contributed by atoms with E-state index < -0.39 is 0 Å². The summed E-state index contributed by atoms with van der Waals surface area (Å²) >= 11 is 0. The van der Waals surface area contributed by atoms with E-state index in [4.69, 9.17) is 5.73 Å². The van der Waals surface area contributed by atoms with Gasteiger partial charge < -0.3 is 5.73 Å². The van der Waals surface area contributed by atoms with Crippen molar-refractivity contribution >= 4 is 0 Å². The number of hydrogen-bond acceptors (Lipinski definition) is 4. The van der Waals surface area contributed by atoms with Gasteiger partial charge in [0, 0.05) is 25.3 Å². The van der Waals surface area contributed by atoms with Crippen molar-refractivity contribution in [3.8, 4) is 0 Å². The third kappa shape index (κ3) is 5.14. The summed E-state index contributed by atoms with van der Waals surface area (Å²) < 4.78 is 1.89. The van der Waals surface area contributed by atoms with E-state index in [1.807, 2.05) is 10.9 Å². The average molecular weight is 253 g/mol. The monoisotopic (exact) mass is 253 g/mol. The van der Waals surface area contributed by atoms with E-state index in [2.05, 4.69) is 36.0 Å². The van der Waals surface area contributed by atoms with Gasteiger partial charge in [-0.1, -0.05) is 25.0 Å². The second-order valence-corrected chi connectivity index (χ2v) is 5.01. The van der Waals surface area contributed by atoms with Gasteiger partial charge >= 0.3 is 0 Å². The molecule has 0 saturated carbocycles. The van der Waals surface area contributed by atoms with Crippen LogP contribution in [-0.4, -0.2) is 39.0 Å². The average Bonchev–Trinajstić information content (AvgIpc) is 2.81. The van der Waals surface area contributed by atoms with E-state index in [1.165, 1.54) is 25.8 Å². The molecule has 0 amide bonds. The highest BCUT2D eigenvalue weighted by molar-refractivity contribution is 4.90. The van der Waals surface area contributed by atoms with Crippen molar-refractivity contribution in [2.24, 2.45) is 5.73 Å². The summed E-state index contributed by atoms with van der Waals surface area (Å²) in [5.41, 5.74) is 6.38. The smallest absolute Gasteiger partial charge is 0.0962 e. The third-order valence-electron chi connectivity index (χ3n) is 3.19. The zero-order valence-corrected chi connectivity index (χ0v) is 12.0. The van der Waals surface area contributed by atoms with Gasteiger partial charge in [0.2, 0.25) is 0 Å². The first-order chi connectivity index (χ1) is 8.67. The molecule has 1 rings (SSSR count). The zero-order valence-electron chi connectivity index (χ0n) is 12.0. The van der Waals surface area contributed by atoms with Gasteiger partial charge in [0.25, 0.3) is 0 Å². The molecule has 5 nitrogen and oxygen atoms in total. The summed E-state index contributed by atoms with van der Waals surface area (Å²) in [6.07, 6.45) is 5.80. The molecule has 5 heteroatoms. The second kappa shape index (κ2) is 8.21. The first kappa shape index (κ1) is 15.1. The van der Waals surface area contributed by atoms with E-state index in [1.54, 1.807) is 0 Å². The minimum absolute atomic E-state index is 0.463. The maximum absolute atomic E-state index is 5.52. The Bertz CT molecular complexity index is 321. The fourth-order valence-electron chi connectivity index (χ4n) is 1.97. The van der Waals surface area contributed by atoms with Crippen LogP contribution in [0.3, 0.4) is 0 Å². The summed E-state index contributed by atoms with van der Waals surface area (Å²) in [5.74, 6) is 0. The van der Waals surface area contributed by atoms with Crippen LogP contribution in [-0.2, 0) is 13.1 Å². The largest absolute Gasteiger partial charge is 0.325 e. The van der Waals surface area contributed by atoms with E-state index in [-0.39, 0.29) is 0 Å². The second-order valence-electron chi connectivity index (χ2n) is 5.01. The van der Waals surface area contributed by atoms with Crippen LogP contribution in [0.4, 0.5) is 0 Å². The van der Waals surface area contributed by atoms with E-state index in [0.717, 1.165) is 18.8 Å². The highest BCUT2D eigenvalue weighted by atomic mass is 15.4. The van der Waals surface area contributed by atoms with E-state index in [0.29, 0.717) is 12.6 Å². The minimum atomic E-state index is 0.463. The zero-order chi connectivity index (χ0) is 13.4. The lowest BCUT2D eigenvalue weighted by Gasteiger charge is -2.26. The molecule has 18 heavy (non-hydrogen) atoms. The van der Waals surface area contributed by atoms with Crippen molar-refractivity contribution in [1.29, 1.82) is 0 Å². The molecule has 1 heterocycles. The minimum Gasteiger partial charge on any atom is -0.325 e. The maximum atomic E-state index is 5.52. The Morgan fingerprint density at radius 2 is 2.11 bits per heavy atom. The van der Waals surface area contributed by atoms with Crippen LogP contribution in [0.25, 0.3) is 0 Å². The van der Waals surface area contributed by atoms with Gasteiger partial charge in [0.1, 0.15) is 0 Å². The lowest BCUT2D eigenvalue weighted by Crippen LogP contribution is -2.34. The first-order valence-corrected chi connectivity index (χ1v) is 7.00. The molecule has 0 aromatic carbocycles. The van der Waals surface area contributed by atoms with Crippen molar-refractivity contribution in [3.05, 3.63) is 11.9 Å². The van der Waals surface area contributed by atoms with Crippen LogP contribution < -0.4 is 5.73 Å². The molecule has 2 N–H and O–H groups in total. The number of hydrogen-bond donors (Lipinski definition) is 1. The van der Waals surface area contributed by atoms with Crippen molar-refractivity contribution in [1.82, 2.24) is 19.9 Å². The van der Waals surface area contributed by atoms with E-state index in [9.17, 15) is 0 Å². The quantitative estimate of drug-likeness (QED) is 0.680. The van der Waals surface area contributed by atoms with Crippen molar-refractivity contribution in [3.63, 3.8) is 0 Å². The van der Waals surface area contributed by atoms with Gasteiger partial charge in [-0.3, -0.25) is 9.58 Å². The maximum Gasteiger partial charge on any atom is 0.0962 e. The molecule has 0 aliphatic heterocycles. The van der Waals surface area contributed by atoms with Crippen LogP contribution in [0.1, 0.15) is 45.7 Å². The molecule has 0 aliphatic rings. The van der Waals surface area contributed by atoms with Gasteiger partial charge in [-0.2, -0.15) is 0 Å². The molecule has 0 radical (unpaired) electrons. The molecule has 0 bridgehead atoms. The highest BCUT2D eigenvalue weighted by Crippen LogP contribution is 2.04. The molecule has 0 saturated heterocycles. The number of unbranched alkanes of at least 4 members (excludes halogenated alkanes) is 2. The number of rotatable bonds is 9. The molecule has 104 valence electrons. The summed E-state index contributed by atoms with van der Waals surface area (Å²) in [5, 5.41) is 8.08. The van der Waals surface area contributed by atoms with Gasteiger partial charge in [-0.05, 0) is 26.8 Å². The summed E-state index contributed by atoms with van der Waals surface area (Å²) in [6, 6.07) is 0.583. The Balaban J connectivity index is 2.36. The summed E-state index contributed by atoms with van der Waals surface area (Å²) in [7, 11) is 0. The van der Waals surface area contributed by atoms with Crippen LogP contribution >= 0.6 is 0 Å². The first-order valence-electron chi connectivity index (χ1n) is 7.00. The predicted molar refractivity (Wildman–Crippen MR) is 74.1 cm³/mol. The summed E-state index contributed by atoms with van der Waals surface area (Å²) in [6.45, 7) is 10.3. The topological polar surface area (TPSA) is 60.0 Å². The number of nitrogens with zero attached hydrogens (tertiary/aromatic N) is 4. The Morgan fingerprint density at radius 3 is 2.67 bits per heavy atom. The SMILES string of the molecule is CCCCCN(CCn1cc(CN)nn1)C(C)C. The Labute approximate surface area is 110 Å². The molecule has 0 atom stereocenters. The standard InChI is InChI=1S/C13H27N5/c1-4-5-6-7-17(12(2)3)8-9-18-11-13(10-14)15-16-18/h11-12H,4-10,14H2,1-3H3. The Hall–Kier alpha value is -0.940. The lowest BCUT2D eigenvalue weighted by molar-refractivity contribution is 0.205. The molecule has 0 aliphatic carbocycles. The van der Waals surface area contributed by atoms with E-state index >= 15 is 0 Å². The van der Waals surface area contributed by atoms with Gasteiger partial charge in [0.15, 0.2) is 0 Å². The fraction of sp³-hybridized carbons (Fsp3) is 0.846. The number of nitrogens with two attached hydrogens (primary N) is 1. The van der Waals surface area contributed by atoms with Crippen LogP contribution in [0.5, 0.6) is 0 Å². The molecule has 0 unspecified atom stereocenters. The molecule has 0 fully saturated rings. The van der Waals surface area contributed by atoms with Crippen LogP contribution in [0.2, 0.25) is 0 Å². The Morgan fingerprint density at radius 1 is 1.33 bits per heavy atom. The summed E-state index contributed by atoms with van der Waals surface area (Å²) in [4.78, 5) is 2.50. The molecular formula is C13H27N5. The van der Waals surface area contributed by atoms with Crippen molar-refractivity contribution in [2.75, 3.05) is 13.1 Å². The van der Waals surface area contributed by atoms with Gasteiger partial charge in [0.05, 0.1) is 12.2 Å². The van der Waals surface area contributed by atoms with Crippen LogP contribution in [0, 0.1) is 0 Å². The molecule has 1 aromatic heterocycles. The molecular weight excluding hydrogens is 226 g/mol.